The Morgan fingerprint density at radius 1 is 1.46 bits per heavy atom. The summed E-state index contributed by atoms with van der Waals surface area (Å²) in [5, 5.41) is 3.04. The second-order valence-electron chi connectivity index (χ2n) is 3.65. The lowest BCUT2D eigenvalue weighted by Gasteiger charge is -2.11. The number of rotatable bonds is 5. The maximum absolute atomic E-state index is 11.3. The van der Waals surface area contributed by atoms with Crippen LogP contribution in [0.15, 0.2) is 0 Å². The highest BCUT2D eigenvalue weighted by Crippen LogP contribution is 2.17. The molecule has 0 aliphatic heterocycles. The number of carbonyl (C=O) groups is 1. The van der Waals surface area contributed by atoms with E-state index in [0.717, 1.165) is 19.3 Å². The third kappa shape index (κ3) is 4.27. The topological polar surface area (TPSA) is 38.3 Å². The van der Waals surface area contributed by atoms with Crippen molar-refractivity contribution in [2.45, 2.75) is 44.6 Å². The molecular weight excluding hydrogens is 166 g/mol. The van der Waals surface area contributed by atoms with Crippen LogP contribution in [0.4, 0.5) is 0 Å². The van der Waals surface area contributed by atoms with Crippen LogP contribution >= 0.6 is 0 Å². The van der Waals surface area contributed by atoms with Crippen LogP contribution in [-0.2, 0) is 9.53 Å². The van der Waals surface area contributed by atoms with E-state index in [9.17, 15) is 4.79 Å². The molecule has 76 valence electrons. The van der Waals surface area contributed by atoms with Crippen LogP contribution in [0.25, 0.3) is 0 Å². The van der Waals surface area contributed by atoms with Crippen molar-refractivity contribution in [3.05, 3.63) is 0 Å². The molecule has 0 atom stereocenters. The van der Waals surface area contributed by atoms with Crippen molar-refractivity contribution in [1.82, 2.24) is 5.32 Å². The summed E-state index contributed by atoms with van der Waals surface area (Å²) >= 11 is 0. The minimum atomic E-state index is 0.184. The van der Waals surface area contributed by atoms with E-state index in [1.807, 2.05) is 0 Å². The molecule has 0 aromatic heterocycles. The zero-order valence-corrected chi connectivity index (χ0v) is 8.34. The van der Waals surface area contributed by atoms with Gasteiger partial charge in [-0.2, -0.15) is 0 Å². The van der Waals surface area contributed by atoms with Gasteiger partial charge in [-0.05, 0) is 19.3 Å². The second kappa shape index (κ2) is 5.97. The number of ether oxygens (including phenoxy) is 1. The Bertz CT molecular complexity index is 153. The summed E-state index contributed by atoms with van der Waals surface area (Å²) < 4.78 is 4.88. The fourth-order valence-electron chi connectivity index (χ4n) is 1.75. The van der Waals surface area contributed by atoms with Gasteiger partial charge in [0.1, 0.15) is 0 Å². The average Bonchev–Trinajstić information content (AvgIpc) is 2.57. The van der Waals surface area contributed by atoms with Gasteiger partial charge in [0.2, 0.25) is 5.91 Å². The van der Waals surface area contributed by atoms with Gasteiger partial charge in [0.05, 0.1) is 0 Å². The lowest BCUT2D eigenvalue weighted by molar-refractivity contribution is -0.122. The number of carbonyl (C=O) groups excluding carboxylic acids is 1. The van der Waals surface area contributed by atoms with Crippen molar-refractivity contribution in [2.24, 2.45) is 0 Å². The van der Waals surface area contributed by atoms with Gasteiger partial charge in [0.25, 0.3) is 0 Å². The van der Waals surface area contributed by atoms with Crippen LogP contribution in [0.1, 0.15) is 38.5 Å². The number of amides is 1. The molecule has 0 aromatic rings. The van der Waals surface area contributed by atoms with Crippen molar-refractivity contribution >= 4 is 5.91 Å². The molecule has 3 nitrogen and oxygen atoms in total. The summed E-state index contributed by atoms with van der Waals surface area (Å²) in [5.41, 5.74) is 0. The normalized spacial score (nSPS) is 17.6. The summed E-state index contributed by atoms with van der Waals surface area (Å²) in [6.07, 6.45) is 6.29. The van der Waals surface area contributed by atoms with E-state index in [0.29, 0.717) is 19.1 Å². The third-order valence-corrected chi connectivity index (χ3v) is 2.47. The highest BCUT2D eigenvalue weighted by molar-refractivity contribution is 5.76. The number of nitrogens with one attached hydrogen (secondary N) is 1. The fourth-order valence-corrected chi connectivity index (χ4v) is 1.75. The first-order valence-corrected chi connectivity index (χ1v) is 5.11. The number of hydrogen-bond acceptors (Lipinski definition) is 2. The molecule has 0 bridgehead atoms. The first kappa shape index (κ1) is 10.5. The van der Waals surface area contributed by atoms with E-state index >= 15 is 0 Å². The fraction of sp³-hybridized carbons (Fsp3) is 0.900. The largest absolute Gasteiger partial charge is 0.385 e. The van der Waals surface area contributed by atoms with Gasteiger partial charge in [-0.25, -0.2) is 0 Å². The van der Waals surface area contributed by atoms with E-state index < -0.39 is 0 Å². The van der Waals surface area contributed by atoms with Crippen LogP contribution in [-0.4, -0.2) is 25.7 Å². The molecule has 1 rings (SSSR count). The summed E-state index contributed by atoms with van der Waals surface area (Å²) in [6, 6.07) is 0.454. The lowest BCUT2D eigenvalue weighted by atomic mass is 10.2. The van der Waals surface area contributed by atoms with E-state index in [1.54, 1.807) is 7.11 Å². The lowest BCUT2D eigenvalue weighted by Crippen LogP contribution is -2.32. The van der Waals surface area contributed by atoms with Crippen molar-refractivity contribution in [1.29, 1.82) is 0 Å². The zero-order valence-electron chi connectivity index (χ0n) is 8.34. The van der Waals surface area contributed by atoms with E-state index in [1.165, 1.54) is 12.8 Å². The van der Waals surface area contributed by atoms with Gasteiger partial charge in [0, 0.05) is 26.2 Å². The Hall–Kier alpha value is -0.570. The molecular formula is C10H19NO2. The molecule has 1 saturated carbocycles. The zero-order chi connectivity index (χ0) is 9.52. The summed E-state index contributed by atoms with van der Waals surface area (Å²) in [7, 11) is 1.66. The van der Waals surface area contributed by atoms with Gasteiger partial charge in [-0.1, -0.05) is 12.8 Å². The Morgan fingerprint density at radius 2 is 2.15 bits per heavy atom. The van der Waals surface area contributed by atoms with Crippen LogP contribution in [0.2, 0.25) is 0 Å². The van der Waals surface area contributed by atoms with E-state index in [2.05, 4.69) is 5.32 Å². The first-order chi connectivity index (χ1) is 6.33. The van der Waals surface area contributed by atoms with Crippen LogP contribution in [0.3, 0.4) is 0 Å². The summed E-state index contributed by atoms with van der Waals surface area (Å²) in [5.74, 6) is 0.184. The number of hydrogen-bond donors (Lipinski definition) is 1. The molecule has 1 aliphatic rings. The monoisotopic (exact) mass is 185 g/mol. The quantitative estimate of drug-likeness (QED) is 0.659. The Kier molecular flexibility index (Phi) is 4.83. The number of methoxy groups -OCH3 is 1. The minimum absolute atomic E-state index is 0.184. The molecule has 1 N–H and O–H groups in total. The van der Waals surface area contributed by atoms with Crippen molar-refractivity contribution < 1.29 is 9.53 Å². The van der Waals surface area contributed by atoms with Crippen LogP contribution < -0.4 is 5.32 Å². The molecule has 0 radical (unpaired) electrons. The molecule has 1 aliphatic carbocycles. The molecule has 0 heterocycles. The molecule has 1 fully saturated rings. The van der Waals surface area contributed by atoms with Crippen molar-refractivity contribution in [2.75, 3.05) is 13.7 Å². The predicted molar refractivity (Wildman–Crippen MR) is 51.5 cm³/mol. The smallest absolute Gasteiger partial charge is 0.220 e. The Labute approximate surface area is 79.8 Å². The maximum Gasteiger partial charge on any atom is 0.220 e. The predicted octanol–water partition coefficient (Wildman–Crippen LogP) is 1.47. The van der Waals surface area contributed by atoms with Crippen LogP contribution in [0, 0.1) is 0 Å². The standard InChI is InChI=1S/C10H19NO2/c1-13-8-4-7-10(12)11-9-5-2-3-6-9/h9H,2-8H2,1H3,(H,11,12). The van der Waals surface area contributed by atoms with Gasteiger partial charge in [0.15, 0.2) is 0 Å². The van der Waals surface area contributed by atoms with Crippen molar-refractivity contribution in [3.63, 3.8) is 0 Å². The van der Waals surface area contributed by atoms with Gasteiger partial charge < -0.3 is 10.1 Å². The Balaban J connectivity index is 2.02. The molecule has 3 heteroatoms. The van der Waals surface area contributed by atoms with Gasteiger partial charge >= 0.3 is 0 Å². The summed E-state index contributed by atoms with van der Waals surface area (Å²) in [6.45, 7) is 0.679. The highest BCUT2D eigenvalue weighted by Gasteiger charge is 2.16. The minimum Gasteiger partial charge on any atom is -0.385 e. The molecule has 0 unspecified atom stereocenters. The van der Waals surface area contributed by atoms with E-state index in [4.69, 9.17) is 4.74 Å². The molecule has 13 heavy (non-hydrogen) atoms. The SMILES string of the molecule is COCCCC(=O)NC1CCCC1. The summed E-state index contributed by atoms with van der Waals surface area (Å²) in [4.78, 5) is 11.3. The molecule has 0 aromatic carbocycles. The first-order valence-electron chi connectivity index (χ1n) is 5.11. The average molecular weight is 185 g/mol. The van der Waals surface area contributed by atoms with Crippen LogP contribution in [0.5, 0.6) is 0 Å². The molecule has 0 saturated heterocycles. The van der Waals surface area contributed by atoms with E-state index in [-0.39, 0.29) is 5.91 Å². The second-order valence-corrected chi connectivity index (χ2v) is 3.65. The van der Waals surface area contributed by atoms with Gasteiger partial charge in [-0.15, -0.1) is 0 Å². The maximum atomic E-state index is 11.3. The Morgan fingerprint density at radius 3 is 2.77 bits per heavy atom. The molecule has 0 spiro atoms. The third-order valence-electron chi connectivity index (χ3n) is 2.47. The molecule has 1 amide bonds. The highest BCUT2D eigenvalue weighted by atomic mass is 16.5. The van der Waals surface area contributed by atoms with Gasteiger partial charge in [-0.3, -0.25) is 4.79 Å². The van der Waals surface area contributed by atoms with Crippen molar-refractivity contribution in [3.8, 4) is 0 Å².